The third-order valence-electron chi connectivity index (χ3n) is 3.26. The van der Waals surface area contributed by atoms with Crippen LogP contribution in [0.1, 0.15) is 19.3 Å². The molecule has 1 aromatic heterocycles. The maximum absolute atomic E-state index is 14.2. The summed E-state index contributed by atoms with van der Waals surface area (Å²) in [6.07, 6.45) is -1.18. The quantitative estimate of drug-likeness (QED) is 0.650. The zero-order chi connectivity index (χ0) is 18.9. The molecule has 0 N–H and O–H groups in total. The van der Waals surface area contributed by atoms with E-state index in [2.05, 4.69) is 4.98 Å². The predicted molar refractivity (Wildman–Crippen MR) is 84.4 cm³/mol. The largest absolute Gasteiger partial charge is 0.256 e. The van der Waals surface area contributed by atoms with Gasteiger partial charge >= 0.3 is 0 Å². The van der Waals surface area contributed by atoms with Crippen LogP contribution in [0.5, 0.6) is 0 Å². The van der Waals surface area contributed by atoms with Gasteiger partial charge in [-0.05, 0) is 47.3 Å². The van der Waals surface area contributed by atoms with E-state index < -0.39 is 24.6 Å². The van der Waals surface area contributed by atoms with Gasteiger partial charge in [0.05, 0.1) is 5.69 Å². The molecule has 0 aliphatic rings. The molecular formula is C19H16FN. The van der Waals surface area contributed by atoms with Gasteiger partial charge in [0.15, 0.2) is 0 Å². The molecule has 3 rings (SSSR count). The van der Waals surface area contributed by atoms with Gasteiger partial charge in [-0.15, -0.1) is 0 Å². The lowest BCUT2D eigenvalue weighted by Gasteiger charge is -2.07. The highest BCUT2D eigenvalue weighted by atomic mass is 19.1. The SMILES string of the molecule is [2H]C([2H])([2H])C([2H])([2H])c1cc(-c2ccnc(-c3ccccc3)c2)ccc1F. The van der Waals surface area contributed by atoms with E-state index in [1.165, 1.54) is 12.1 Å². The van der Waals surface area contributed by atoms with Gasteiger partial charge < -0.3 is 0 Å². The van der Waals surface area contributed by atoms with Crippen LogP contribution < -0.4 is 0 Å². The molecule has 104 valence electrons. The van der Waals surface area contributed by atoms with Crippen LogP contribution in [-0.4, -0.2) is 4.98 Å². The number of hydrogen-bond donors (Lipinski definition) is 0. The number of pyridine rings is 1. The molecule has 2 aromatic carbocycles. The molecule has 0 atom stereocenters. The van der Waals surface area contributed by atoms with Crippen molar-refractivity contribution in [3.05, 3.63) is 78.2 Å². The third kappa shape index (κ3) is 2.84. The Labute approximate surface area is 131 Å². The Balaban J connectivity index is 2.08. The number of aromatic nitrogens is 1. The van der Waals surface area contributed by atoms with Crippen molar-refractivity contribution >= 4 is 0 Å². The van der Waals surface area contributed by atoms with Crippen molar-refractivity contribution in [2.45, 2.75) is 13.2 Å². The van der Waals surface area contributed by atoms with Crippen molar-refractivity contribution in [1.29, 1.82) is 0 Å². The van der Waals surface area contributed by atoms with Gasteiger partial charge in [-0.1, -0.05) is 43.3 Å². The molecule has 0 fully saturated rings. The lowest BCUT2D eigenvalue weighted by Crippen LogP contribution is -1.90. The molecule has 0 bridgehead atoms. The average Bonchev–Trinajstić information content (AvgIpc) is 2.62. The summed E-state index contributed by atoms with van der Waals surface area (Å²) in [7, 11) is 0. The summed E-state index contributed by atoms with van der Waals surface area (Å²) in [5.41, 5.74) is 2.37. The molecule has 0 aliphatic carbocycles. The topological polar surface area (TPSA) is 12.9 Å². The Morgan fingerprint density at radius 1 is 1.00 bits per heavy atom. The van der Waals surface area contributed by atoms with E-state index >= 15 is 0 Å². The van der Waals surface area contributed by atoms with Gasteiger partial charge in [-0.3, -0.25) is 4.98 Å². The number of aryl methyl sites for hydroxylation is 1. The smallest absolute Gasteiger partial charge is 0.126 e. The van der Waals surface area contributed by atoms with Gasteiger partial charge in [0.1, 0.15) is 5.82 Å². The van der Waals surface area contributed by atoms with Crippen LogP contribution in [0.4, 0.5) is 4.39 Å². The van der Waals surface area contributed by atoms with E-state index in [0.717, 1.165) is 11.6 Å². The van der Waals surface area contributed by atoms with Gasteiger partial charge in [0.25, 0.3) is 0 Å². The molecular weight excluding hydrogens is 261 g/mol. The Bertz CT molecular complexity index is 923. The van der Waals surface area contributed by atoms with E-state index in [1.54, 1.807) is 18.3 Å². The van der Waals surface area contributed by atoms with Crippen molar-refractivity contribution in [2.75, 3.05) is 0 Å². The van der Waals surface area contributed by atoms with E-state index in [-0.39, 0.29) is 0 Å². The van der Waals surface area contributed by atoms with Crippen LogP contribution in [0, 0.1) is 5.82 Å². The zero-order valence-electron chi connectivity index (χ0n) is 16.2. The fraction of sp³-hybridized carbons (Fsp3) is 0.105. The standard InChI is InChI=1S/C19H16FN/c1-2-14-12-16(8-9-18(14)20)17-10-11-21-19(13-17)15-6-4-3-5-7-15/h3-13H,2H2,1H3/i1D3,2D2. The van der Waals surface area contributed by atoms with Crippen molar-refractivity contribution in [3.63, 3.8) is 0 Å². The van der Waals surface area contributed by atoms with Crippen molar-refractivity contribution < 1.29 is 11.2 Å². The molecule has 0 unspecified atom stereocenters. The van der Waals surface area contributed by atoms with Gasteiger partial charge in [0, 0.05) is 18.6 Å². The van der Waals surface area contributed by atoms with Crippen molar-refractivity contribution in [3.8, 4) is 22.4 Å². The van der Waals surface area contributed by atoms with Gasteiger partial charge in [-0.2, -0.15) is 0 Å². The number of nitrogens with zero attached hydrogens (tertiary/aromatic N) is 1. The Morgan fingerprint density at radius 3 is 2.62 bits per heavy atom. The minimum absolute atomic E-state index is 0.479. The van der Waals surface area contributed by atoms with Gasteiger partial charge in [0.2, 0.25) is 0 Å². The molecule has 0 aliphatic heterocycles. The predicted octanol–water partition coefficient (Wildman–Crippen LogP) is 5.12. The van der Waals surface area contributed by atoms with Crippen LogP contribution in [0.25, 0.3) is 22.4 Å². The number of halogens is 1. The second kappa shape index (κ2) is 5.88. The van der Waals surface area contributed by atoms with Crippen LogP contribution >= 0.6 is 0 Å². The molecule has 21 heavy (non-hydrogen) atoms. The molecule has 0 radical (unpaired) electrons. The number of benzene rings is 2. The number of hydrogen-bond acceptors (Lipinski definition) is 1. The third-order valence-corrected chi connectivity index (χ3v) is 3.26. The minimum Gasteiger partial charge on any atom is -0.256 e. The highest BCUT2D eigenvalue weighted by Crippen LogP contribution is 2.26. The normalized spacial score (nSPS) is 15.4. The summed E-state index contributed by atoms with van der Waals surface area (Å²) >= 11 is 0. The van der Waals surface area contributed by atoms with Crippen LogP contribution in [0.2, 0.25) is 0 Å². The van der Waals surface area contributed by atoms with Crippen molar-refractivity contribution in [1.82, 2.24) is 4.98 Å². The summed E-state index contributed by atoms with van der Waals surface area (Å²) < 4.78 is 52.0. The van der Waals surface area contributed by atoms with Crippen LogP contribution in [0.15, 0.2) is 66.9 Å². The van der Waals surface area contributed by atoms with Crippen LogP contribution in [-0.2, 0) is 6.37 Å². The zero-order valence-corrected chi connectivity index (χ0v) is 11.2. The summed E-state index contributed by atoms with van der Waals surface area (Å²) in [5.74, 6) is -0.882. The highest BCUT2D eigenvalue weighted by molar-refractivity contribution is 5.70. The van der Waals surface area contributed by atoms with Gasteiger partial charge in [-0.25, -0.2) is 4.39 Å². The molecule has 1 heterocycles. The van der Waals surface area contributed by atoms with E-state index in [1.807, 2.05) is 30.3 Å². The summed E-state index contributed by atoms with van der Waals surface area (Å²) in [6.45, 7) is -2.97. The Hall–Kier alpha value is -2.48. The first kappa shape index (κ1) is 8.73. The number of rotatable bonds is 3. The first-order valence-electron chi connectivity index (χ1n) is 9.02. The second-order valence-corrected chi connectivity index (χ2v) is 4.62. The maximum atomic E-state index is 14.2. The Morgan fingerprint density at radius 2 is 1.81 bits per heavy atom. The molecule has 3 aromatic rings. The molecule has 0 amide bonds. The van der Waals surface area contributed by atoms with E-state index in [9.17, 15) is 4.39 Å². The first-order valence-corrected chi connectivity index (χ1v) is 6.52. The maximum Gasteiger partial charge on any atom is 0.126 e. The summed E-state index contributed by atoms with van der Waals surface area (Å²) in [4.78, 5) is 4.32. The first-order chi connectivity index (χ1) is 12.2. The average molecular weight is 282 g/mol. The minimum atomic E-state index is -2.97. The van der Waals surface area contributed by atoms with Crippen molar-refractivity contribution in [2.24, 2.45) is 0 Å². The Kier molecular flexibility index (Phi) is 2.44. The van der Waals surface area contributed by atoms with E-state index in [0.29, 0.717) is 16.8 Å². The molecule has 0 saturated heterocycles. The lowest BCUT2D eigenvalue weighted by atomic mass is 10.0. The van der Waals surface area contributed by atoms with Crippen LogP contribution in [0.3, 0.4) is 0 Å². The highest BCUT2D eigenvalue weighted by Gasteiger charge is 2.06. The monoisotopic (exact) mass is 282 g/mol. The van der Waals surface area contributed by atoms with E-state index in [4.69, 9.17) is 6.85 Å². The summed E-state index contributed by atoms with van der Waals surface area (Å²) in [6, 6.07) is 16.9. The fourth-order valence-electron chi connectivity index (χ4n) is 2.18. The fourth-order valence-corrected chi connectivity index (χ4v) is 2.18. The molecule has 1 nitrogen and oxygen atoms in total. The molecule has 2 heteroatoms. The second-order valence-electron chi connectivity index (χ2n) is 4.62. The lowest BCUT2D eigenvalue weighted by molar-refractivity contribution is 0.612. The molecule has 0 spiro atoms. The summed E-state index contributed by atoms with van der Waals surface area (Å²) in [5, 5.41) is 0. The molecule has 0 saturated carbocycles.